The normalized spacial score (nSPS) is 13.1. The summed E-state index contributed by atoms with van der Waals surface area (Å²) in [6, 6.07) is 19.1. The van der Waals surface area contributed by atoms with Crippen LogP contribution in [0.2, 0.25) is 0 Å². The van der Waals surface area contributed by atoms with Gasteiger partial charge < -0.3 is 9.47 Å². The van der Waals surface area contributed by atoms with Crippen LogP contribution in [0.25, 0.3) is 32.9 Å². The molecule has 0 bridgehead atoms. The van der Waals surface area contributed by atoms with E-state index < -0.39 is 0 Å². The minimum absolute atomic E-state index is 0.617. The average molecular weight is 369 g/mol. The Labute approximate surface area is 164 Å². The summed E-state index contributed by atoms with van der Waals surface area (Å²) >= 11 is 0. The number of hydrogen-bond donors (Lipinski definition) is 0. The van der Waals surface area contributed by atoms with Gasteiger partial charge in [0.05, 0.1) is 24.9 Å². The molecule has 0 fully saturated rings. The van der Waals surface area contributed by atoms with Crippen LogP contribution in [-0.4, -0.2) is 18.7 Å². The molecule has 0 atom stereocenters. The molecule has 1 heterocycles. The summed E-state index contributed by atoms with van der Waals surface area (Å²) in [7, 11) is 1.69. The van der Waals surface area contributed by atoms with Gasteiger partial charge in [-0.05, 0) is 72.4 Å². The molecule has 3 heteroatoms. The molecule has 0 radical (unpaired) electrons. The van der Waals surface area contributed by atoms with Crippen molar-refractivity contribution in [3.8, 4) is 22.8 Å². The molecule has 0 amide bonds. The predicted octanol–water partition coefficient (Wildman–Crippen LogP) is 5.95. The standard InChI is InChI=1S/C25H23NO2/c1-3-28-22-14-12-17(15-23(22)27-2)25-20-10-6-9-19(20)24-18-8-5-4-7-16(18)11-13-21(24)26-25/h4-5,7-8,11-15H,3,6,9-10H2,1-2H3. The zero-order chi connectivity index (χ0) is 19.1. The van der Waals surface area contributed by atoms with E-state index in [0.717, 1.165) is 41.1 Å². The van der Waals surface area contributed by atoms with Gasteiger partial charge in [-0.15, -0.1) is 0 Å². The topological polar surface area (TPSA) is 31.4 Å². The maximum atomic E-state index is 5.68. The third-order valence-corrected chi connectivity index (χ3v) is 5.68. The van der Waals surface area contributed by atoms with Crippen LogP contribution < -0.4 is 9.47 Å². The highest BCUT2D eigenvalue weighted by atomic mass is 16.5. The van der Waals surface area contributed by atoms with Gasteiger partial charge in [0.15, 0.2) is 11.5 Å². The number of aromatic nitrogens is 1. The van der Waals surface area contributed by atoms with Crippen molar-refractivity contribution in [3.63, 3.8) is 0 Å². The molecule has 28 heavy (non-hydrogen) atoms. The number of methoxy groups -OCH3 is 1. The van der Waals surface area contributed by atoms with Crippen LogP contribution in [-0.2, 0) is 12.8 Å². The zero-order valence-electron chi connectivity index (χ0n) is 16.3. The summed E-state index contributed by atoms with van der Waals surface area (Å²) in [6.07, 6.45) is 3.37. The highest BCUT2D eigenvalue weighted by Crippen LogP contribution is 2.40. The Hall–Kier alpha value is -3.07. The highest BCUT2D eigenvalue weighted by Gasteiger charge is 2.22. The molecule has 140 valence electrons. The Morgan fingerprint density at radius 2 is 1.79 bits per heavy atom. The van der Waals surface area contributed by atoms with Crippen molar-refractivity contribution in [2.75, 3.05) is 13.7 Å². The lowest BCUT2D eigenvalue weighted by Crippen LogP contribution is -1.98. The molecule has 0 unspecified atom stereocenters. The molecule has 0 N–H and O–H groups in total. The molecule has 0 aliphatic heterocycles. The molecule has 1 aliphatic carbocycles. The average Bonchev–Trinajstić information content (AvgIpc) is 3.23. The first-order valence-corrected chi connectivity index (χ1v) is 9.94. The Morgan fingerprint density at radius 3 is 2.64 bits per heavy atom. The summed E-state index contributed by atoms with van der Waals surface area (Å²) in [6.45, 7) is 2.60. The van der Waals surface area contributed by atoms with Gasteiger partial charge in [-0.1, -0.05) is 30.3 Å². The van der Waals surface area contributed by atoms with Crippen LogP contribution in [0.3, 0.4) is 0 Å². The zero-order valence-corrected chi connectivity index (χ0v) is 16.3. The van der Waals surface area contributed by atoms with Crippen LogP contribution >= 0.6 is 0 Å². The summed E-state index contributed by atoms with van der Waals surface area (Å²) in [4.78, 5) is 5.12. The van der Waals surface area contributed by atoms with Crippen molar-refractivity contribution < 1.29 is 9.47 Å². The number of hydrogen-bond acceptors (Lipinski definition) is 3. The number of rotatable bonds is 4. The maximum absolute atomic E-state index is 5.68. The van der Waals surface area contributed by atoms with Crippen LogP contribution in [0.4, 0.5) is 0 Å². The first kappa shape index (κ1) is 17.1. The minimum atomic E-state index is 0.617. The molecule has 0 saturated carbocycles. The second-order valence-corrected chi connectivity index (χ2v) is 7.25. The number of fused-ring (bicyclic) bond motifs is 5. The highest BCUT2D eigenvalue weighted by molar-refractivity contribution is 6.09. The van der Waals surface area contributed by atoms with Gasteiger partial charge in [-0.2, -0.15) is 0 Å². The maximum Gasteiger partial charge on any atom is 0.161 e. The molecular formula is C25H23NO2. The Bertz CT molecular complexity index is 1200. The SMILES string of the molecule is CCOc1ccc(-c2nc3ccc4ccccc4c3c3c2CCC3)cc1OC. The van der Waals surface area contributed by atoms with Gasteiger partial charge in [0, 0.05) is 10.9 Å². The molecule has 3 nitrogen and oxygen atoms in total. The molecule has 4 aromatic rings. The number of benzene rings is 3. The quantitative estimate of drug-likeness (QED) is 0.417. The van der Waals surface area contributed by atoms with Crippen molar-refractivity contribution in [1.29, 1.82) is 0 Å². The molecule has 3 aromatic carbocycles. The summed E-state index contributed by atoms with van der Waals surface area (Å²) in [5, 5.41) is 3.91. The van der Waals surface area contributed by atoms with E-state index in [1.165, 1.54) is 33.7 Å². The Balaban J connectivity index is 1.77. The fraction of sp³-hybridized carbons (Fsp3) is 0.240. The molecule has 1 aromatic heterocycles. The molecule has 0 spiro atoms. The van der Waals surface area contributed by atoms with Crippen molar-refractivity contribution in [1.82, 2.24) is 4.98 Å². The number of pyridine rings is 1. The van der Waals surface area contributed by atoms with Crippen LogP contribution in [0.5, 0.6) is 11.5 Å². The largest absolute Gasteiger partial charge is 0.493 e. The molecule has 5 rings (SSSR count). The van der Waals surface area contributed by atoms with E-state index in [0.29, 0.717) is 6.61 Å². The van der Waals surface area contributed by atoms with Gasteiger partial charge in [-0.3, -0.25) is 0 Å². The summed E-state index contributed by atoms with van der Waals surface area (Å²) in [5.41, 5.74) is 6.09. The van der Waals surface area contributed by atoms with E-state index in [2.05, 4.69) is 48.5 Å². The number of ether oxygens (including phenoxy) is 2. The summed E-state index contributed by atoms with van der Waals surface area (Å²) < 4.78 is 11.3. The first-order chi connectivity index (χ1) is 13.8. The lowest BCUT2D eigenvalue weighted by Gasteiger charge is -2.15. The molecular weight excluding hydrogens is 346 g/mol. The second kappa shape index (κ2) is 6.83. The van der Waals surface area contributed by atoms with Crippen molar-refractivity contribution in [3.05, 3.63) is 65.7 Å². The van der Waals surface area contributed by atoms with E-state index in [1.807, 2.05) is 13.0 Å². The monoisotopic (exact) mass is 369 g/mol. The van der Waals surface area contributed by atoms with E-state index in [9.17, 15) is 0 Å². The van der Waals surface area contributed by atoms with E-state index >= 15 is 0 Å². The van der Waals surface area contributed by atoms with Crippen LogP contribution in [0.15, 0.2) is 54.6 Å². The van der Waals surface area contributed by atoms with E-state index in [4.69, 9.17) is 14.5 Å². The fourth-order valence-electron chi connectivity index (χ4n) is 4.47. The van der Waals surface area contributed by atoms with E-state index in [1.54, 1.807) is 7.11 Å². The van der Waals surface area contributed by atoms with Crippen molar-refractivity contribution in [2.24, 2.45) is 0 Å². The third-order valence-electron chi connectivity index (χ3n) is 5.68. The molecule has 0 saturated heterocycles. The fourth-order valence-corrected chi connectivity index (χ4v) is 4.47. The lowest BCUT2D eigenvalue weighted by molar-refractivity contribution is 0.311. The van der Waals surface area contributed by atoms with Gasteiger partial charge in [0.1, 0.15) is 0 Å². The smallest absolute Gasteiger partial charge is 0.161 e. The van der Waals surface area contributed by atoms with Gasteiger partial charge in [-0.25, -0.2) is 4.98 Å². The van der Waals surface area contributed by atoms with Crippen LogP contribution in [0.1, 0.15) is 24.5 Å². The van der Waals surface area contributed by atoms with Gasteiger partial charge in [0.2, 0.25) is 0 Å². The van der Waals surface area contributed by atoms with Crippen LogP contribution in [0, 0.1) is 0 Å². The first-order valence-electron chi connectivity index (χ1n) is 9.94. The second-order valence-electron chi connectivity index (χ2n) is 7.25. The lowest BCUT2D eigenvalue weighted by atomic mass is 9.95. The van der Waals surface area contributed by atoms with Gasteiger partial charge >= 0.3 is 0 Å². The van der Waals surface area contributed by atoms with Gasteiger partial charge in [0.25, 0.3) is 0 Å². The Kier molecular flexibility index (Phi) is 4.16. The third kappa shape index (κ3) is 2.62. The van der Waals surface area contributed by atoms with Crippen molar-refractivity contribution >= 4 is 21.7 Å². The van der Waals surface area contributed by atoms with Crippen molar-refractivity contribution in [2.45, 2.75) is 26.2 Å². The molecule has 1 aliphatic rings. The Morgan fingerprint density at radius 1 is 0.929 bits per heavy atom. The predicted molar refractivity (Wildman–Crippen MR) is 114 cm³/mol. The summed E-state index contributed by atoms with van der Waals surface area (Å²) in [5.74, 6) is 1.53. The van der Waals surface area contributed by atoms with E-state index in [-0.39, 0.29) is 0 Å². The number of nitrogens with zero attached hydrogens (tertiary/aromatic N) is 1. The number of aryl methyl sites for hydroxylation is 1. The minimum Gasteiger partial charge on any atom is -0.493 e.